The molecule has 2 fully saturated rings. The average molecular weight is 285 g/mol. The minimum Gasteiger partial charge on any atom is -0.480 e. The maximum Gasteiger partial charge on any atom is 0.328 e. The smallest absolute Gasteiger partial charge is 0.328 e. The van der Waals surface area contributed by atoms with Gasteiger partial charge in [-0.05, 0) is 33.0 Å². The van der Waals surface area contributed by atoms with Crippen LogP contribution in [0.15, 0.2) is 0 Å². The molecule has 1 unspecified atom stereocenters. The van der Waals surface area contributed by atoms with E-state index in [0.717, 1.165) is 25.9 Å². The summed E-state index contributed by atoms with van der Waals surface area (Å²) >= 11 is 0. The summed E-state index contributed by atoms with van der Waals surface area (Å²) in [5.41, 5.74) is 0. The molecule has 1 atom stereocenters. The molecule has 0 aromatic heterocycles. The number of rotatable bonds is 2. The number of hydrogen-bond acceptors (Lipinski definition) is 4. The summed E-state index contributed by atoms with van der Waals surface area (Å²) in [7, 11) is 3.84. The first kappa shape index (κ1) is 15.1. The summed E-state index contributed by atoms with van der Waals surface area (Å²) < 4.78 is 5.16. The number of amides is 2. The predicted octanol–water partition coefficient (Wildman–Crippen LogP) is -0.0822. The molecule has 0 spiro atoms. The highest BCUT2D eigenvalue weighted by Gasteiger charge is 2.36. The third-order valence-electron chi connectivity index (χ3n) is 4.20. The molecule has 0 radical (unpaired) electrons. The van der Waals surface area contributed by atoms with Gasteiger partial charge in [-0.25, -0.2) is 9.59 Å². The maximum atomic E-state index is 12.5. The zero-order chi connectivity index (χ0) is 14.7. The molecule has 2 saturated heterocycles. The predicted molar refractivity (Wildman–Crippen MR) is 72.6 cm³/mol. The second kappa shape index (κ2) is 6.41. The Labute approximate surface area is 119 Å². The monoisotopic (exact) mass is 285 g/mol. The van der Waals surface area contributed by atoms with E-state index in [0.29, 0.717) is 13.2 Å². The van der Waals surface area contributed by atoms with E-state index in [1.807, 2.05) is 0 Å². The van der Waals surface area contributed by atoms with Crippen molar-refractivity contribution in [1.29, 1.82) is 0 Å². The summed E-state index contributed by atoms with van der Waals surface area (Å²) in [5, 5.41) is 9.19. The van der Waals surface area contributed by atoms with Crippen LogP contribution in [0.1, 0.15) is 12.8 Å². The highest BCUT2D eigenvalue weighted by Crippen LogP contribution is 2.18. The zero-order valence-corrected chi connectivity index (χ0v) is 12.1. The van der Waals surface area contributed by atoms with E-state index >= 15 is 0 Å². The third-order valence-corrected chi connectivity index (χ3v) is 4.20. The molecule has 2 heterocycles. The maximum absolute atomic E-state index is 12.5. The number of ether oxygens (including phenoxy) is 1. The fourth-order valence-electron chi connectivity index (χ4n) is 2.78. The topological polar surface area (TPSA) is 73.3 Å². The van der Waals surface area contributed by atoms with Crippen molar-refractivity contribution in [3.8, 4) is 0 Å². The molecular weight excluding hydrogens is 262 g/mol. The van der Waals surface area contributed by atoms with Crippen LogP contribution in [0.4, 0.5) is 4.79 Å². The summed E-state index contributed by atoms with van der Waals surface area (Å²) in [4.78, 5) is 29.1. The van der Waals surface area contributed by atoms with Gasteiger partial charge >= 0.3 is 12.0 Å². The number of carboxylic acid groups (broad SMARTS) is 1. The lowest BCUT2D eigenvalue weighted by atomic mass is 10.0. The number of aliphatic carboxylic acids is 1. The van der Waals surface area contributed by atoms with Crippen LogP contribution in [-0.2, 0) is 9.53 Å². The number of carbonyl (C=O) groups excluding carboxylic acids is 1. The number of likely N-dealkylation sites (tertiary alicyclic amines) is 1. The van der Waals surface area contributed by atoms with Gasteiger partial charge in [-0.1, -0.05) is 0 Å². The number of carbonyl (C=O) groups is 2. The van der Waals surface area contributed by atoms with E-state index in [1.165, 1.54) is 4.90 Å². The third kappa shape index (κ3) is 3.21. The van der Waals surface area contributed by atoms with Crippen molar-refractivity contribution >= 4 is 12.0 Å². The molecule has 2 aliphatic rings. The van der Waals surface area contributed by atoms with Gasteiger partial charge in [0.05, 0.1) is 13.2 Å². The molecule has 0 bridgehead atoms. The highest BCUT2D eigenvalue weighted by molar-refractivity contribution is 5.83. The van der Waals surface area contributed by atoms with Crippen molar-refractivity contribution in [1.82, 2.24) is 14.7 Å². The minimum absolute atomic E-state index is 0.0717. The molecule has 0 aromatic rings. The lowest BCUT2D eigenvalue weighted by Crippen LogP contribution is -2.58. The van der Waals surface area contributed by atoms with Crippen molar-refractivity contribution in [3.05, 3.63) is 0 Å². The first-order valence-electron chi connectivity index (χ1n) is 7.03. The van der Waals surface area contributed by atoms with Gasteiger partial charge in [-0.2, -0.15) is 0 Å². The van der Waals surface area contributed by atoms with Crippen molar-refractivity contribution in [2.45, 2.75) is 24.9 Å². The normalized spacial score (nSPS) is 25.5. The average Bonchev–Trinajstić information content (AvgIpc) is 2.46. The molecule has 0 saturated carbocycles. The van der Waals surface area contributed by atoms with Crippen LogP contribution in [0.5, 0.6) is 0 Å². The van der Waals surface area contributed by atoms with Gasteiger partial charge in [0.25, 0.3) is 0 Å². The molecule has 20 heavy (non-hydrogen) atoms. The first-order chi connectivity index (χ1) is 9.50. The van der Waals surface area contributed by atoms with Gasteiger partial charge in [-0.3, -0.25) is 0 Å². The first-order valence-corrected chi connectivity index (χ1v) is 7.03. The van der Waals surface area contributed by atoms with E-state index in [-0.39, 0.29) is 18.7 Å². The van der Waals surface area contributed by atoms with Crippen LogP contribution in [0.25, 0.3) is 0 Å². The van der Waals surface area contributed by atoms with Gasteiger partial charge in [0.15, 0.2) is 6.04 Å². The Hall–Kier alpha value is -1.34. The molecule has 0 aliphatic carbocycles. The zero-order valence-electron chi connectivity index (χ0n) is 12.1. The number of morpholine rings is 1. The molecule has 1 N–H and O–H groups in total. The second-order valence-electron chi connectivity index (χ2n) is 5.55. The molecular formula is C13H23N3O4. The van der Waals surface area contributed by atoms with E-state index < -0.39 is 12.0 Å². The number of carboxylic acids is 1. The fourth-order valence-corrected chi connectivity index (χ4v) is 2.78. The van der Waals surface area contributed by atoms with Gasteiger partial charge < -0.3 is 24.5 Å². The molecule has 2 amide bonds. The van der Waals surface area contributed by atoms with Gasteiger partial charge in [-0.15, -0.1) is 0 Å². The number of hydrogen-bond donors (Lipinski definition) is 1. The molecule has 7 nitrogen and oxygen atoms in total. The summed E-state index contributed by atoms with van der Waals surface area (Å²) in [6, 6.07) is -0.879. The van der Waals surface area contributed by atoms with E-state index in [2.05, 4.69) is 11.9 Å². The summed E-state index contributed by atoms with van der Waals surface area (Å²) in [6.45, 7) is 2.74. The Morgan fingerprint density at radius 1 is 1.25 bits per heavy atom. The van der Waals surface area contributed by atoms with E-state index in [4.69, 9.17) is 4.74 Å². The molecule has 114 valence electrons. The van der Waals surface area contributed by atoms with Crippen LogP contribution >= 0.6 is 0 Å². The second-order valence-corrected chi connectivity index (χ2v) is 5.55. The van der Waals surface area contributed by atoms with Crippen LogP contribution in [-0.4, -0.2) is 90.8 Å². The van der Waals surface area contributed by atoms with Crippen molar-refractivity contribution in [3.63, 3.8) is 0 Å². The van der Waals surface area contributed by atoms with E-state index in [9.17, 15) is 14.7 Å². The van der Waals surface area contributed by atoms with Crippen molar-refractivity contribution in [2.24, 2.45) is 0 Å². The molecule has 2 rings (SSSR count). The minimum atomic E-state index is -1.00. The van der Waals surface area contributed by atoms with Crippen LogP contribution in [0, 0.1) is 0 Å². The quantitative estimate of drug-likeness (QED) is 0.768. The molecule has 0 aromatic carbocycles. The Bertz CT molecular complexity index is 369. The lowest BCUT2D eigenvalue weighted by Gasteiger charge is -2.40. The van der Waals surface area contributed by atoms with E-state index in [1.54, 1.807) is 11.9 Å². The van der Waals surface area contributed by atoms with Crippen LogP contribution in [0.3, 0.4) is 0 Å². The largest absolute Gasteiger partial charge is 0.480 e. The summed E-state index contributed by atoms with van der Waals surface area (Å²) in [6.07, 6.45) is 1.86. The fraction of sp³-hybridized carbons (Fsp3) is 0.846. The SMILES string of the molecule is CN1CCC(N(C)C(=O)N2CCOCC2C(=O)O)CC1. The number of piperidine rings is 1. The van der Waals surface area contributed by atoms with Gasteiger partial charge in [0.2, 0.25) is 0 Å². The highest BCUT2D eigenvalue weighted by atomic mass is 16.5. The number of urea groups is 1. The Morgan fingerprint density at radius 3 is 2.50 bits per heavy atom. The van der Waals surface area contributed by atoms with Crippen molar-refractivity contribution in [2.75, 3.05) is 46.9 Å². The molecule has 7 heteroatoms. The Balaban J connectivity index is 1.99. The lowest BCUT2D eigenvalue weighted by molar-refractivity contribution is -0.147. The Morgan fingerprint density at radius 2 is 1.90 bits per heavy atom. The number of nitrogens with zero attached hydrogens (tertiary/aromatic N) is 3. The van der Waals surface area contributed by atoms with Crippen molar-refractivity contribution < 1.29 is 19.4 Å². The standard InChI is InChI=1S/C13H23N3O4/c1-14-5-3-10(4-6-14)15(2)13(19)16-7-8-20-9-11(16)12(17)18/h10-11H,3-9H2,1-2H3,(H,17,18). The van der Waals surface area contributed by atoms with Crippen LogP contribution < -0.4 is 0 Å². The van der Waals surface area contributed by atoms with Gasteiger partial charge in [0.1, 0.15) is 0 Å². The van der Waals surface area contributed by atoms with Gasteiger partial charge in [0, 0.05) is 19.6 Å². The summed E-state index contributed by atoms with van der Waals surface area (Å²) in [5.74, 6) is -1.00. The van der Waals surface area contributed by atoms with Crippen LogP contribution in [0.2, 0.25) is 0 Å². The molecule has 2 aliphatic heterocycles. The Kier molecular flexibility index (Phi) is 4.82.